The number of piperazine rings is 1. The number of nitrogens with zero attached hydrogens (tertiary/aromatic N) is 5. The van der Waals surface area contributed by atoms with Crippen molar-refractivity contribution in [1.29, 1.82) is 0 Å². The van der Waals surface area contributed by atoms with Crippen LogP contribution in [-0.4, -0.2) is 67.3 Å². The quantitative estimate of drug-likeness (QED) is 0.775. The van der Waals surface area contributed by atoms with Crippen LogP contribution in [0, 0.1) is 12.7 Å². The molecule has 1 aromatic heterocycles. The Balaban J connectivity index is 1.43. The van der Waals surface area contributed by atoms with Gasteiger partial charge in [0.2, 0.25) is 11.9 Å². The van der Waals surface area contributed by atoms with Gasteiger partial charge in [0, 0.05) is 52.0 Å². The van der Waals surface area contributed by atoms with Crippen molar-refractivity contribution in [2.24, 2.45) is 0 Å². The number of benzene rings is 1. The van der Waals surface area contributed by atoms with E-state index in [-0.39, 0.29) is 25.1 Å². The van der Waals surface area contributed by atoms with Crippen molar-refractivity contribution in [3.05, 3.63) is 42.0 Å². The fraction of sp³-hybridized carbons (Fsp3) is 0.429. The molecule has 164 valence electrons. The van der Waals surface area contributed by atoms with Gasteiger partial charge in [-0.25, -0.2) is 19.2 Å². The molecule has 4 rings (SSSR count). The smallest absolute Gasteiger partial charge is 0.414 e. The molecule has 0 saturated carbocycles. The number of carbonyl (C=O) groups excluding carboxylic acids is 2. The molecule has 2 aliphatic rings. The Hall–Kier alpha value is -3.43. The van der Waals surface area contributed by atoms with E-state index in [9.17, 15) is 14.0 Å². The van der Waals surface area contributed by atoms with Crippen molar-refractivity contribution in [2.75, 3.05) is 54.0 Å². The van der Waals surface area contributed by atoms with Crippen LogP contribution in [0.25, 0.3) is 0 Å². The number of amides is 2. The van der Waals surface area contributed by atoms with Crippen LogP contribution in [0.4, 0.5) is 26.5 Å². The molecule has 2 saturated heterocycles. The molecule has 9 nitrogen and oxygen atoms in total. The maximum absolute atomic E-state index is 15.0. The fourth-order valence-electron chi connectivity index (χ4n) is 3.79. The third kappa shape index (κ3) is 4.52. The van der Waals surface area contributed by atoms with E-state index in [4.69, 9.17) is 4.74 Å². The molecule has 0 bridgehead atoms. The molecule has 10 heteroatoms. The van der Waals surface area contributed by atoms with Crippen molar-refractivity contribution in [1.82, 2.24) is 15.3 Å². The van der Waals surface area contributed by atoms with Gasteiger partial charge in [-0.1, -0.05) is 0 Å². The van der Waals surface area contributed by atoms with Crippen molar-refractivity contribution >= 4 is 29.3 Å². The lowest BCUT2D eigenvalue weighted by Gasteiger charge is -2.36. The Labute approximate surface area is 179 Å². The molecule has 2 amide bonds. The summed E-state index contributed by atoms with van der Waals surface area (Å²) in [5.74, 6) is 0.0744. The second kappa shape index (κ2) is 8.75. The van der Waals surface area contributed by atoms with Crippen LogP contribution in [0.1, 0.15) is 12.5 Å². The van der Waals surface area contributed by atoms with Crippen LogP contribution in [0.15, 0.2) is 30.6 Å². The molecule has 0 aliphatic carbocycles. The topological polar surface area (TPSA) is 90.9 Å². The van der Waals surface area contributed by atoms with E-state index in [1.54, 1.807) is 24.5 Å². The number of hydrogen-bond acceptors (Lipinski definition) is 7. The first-order valence-corrected chi connectivity index (χ1v) is 10.2. The Morgan fingerprint density at radius 3 is 2.52 bits per heavy atom. The Bertz CT molecular complexity index is 962. The average molecular weight is 428 g/mol. The van der Waals surface area contributed by atoms with Crippen molar-refractivity contribution in [3.8, 4) is 0 Å². The highest BCUT2D eigenvalue weighted by Crippen LogP contribution is 2.29. The Morgan fingerprint density at radius 2 is 1.87 bits per heavy atom. The van der Waals surface area contributed by atoms with Gasteiger partial charge in [0.25, 0.3) is 0 Å². The first-order valence-electron chi connectivity index (χ1n) is 10.2. The number of halogens is 1. The van der Waals surface area contributed by atoms with Crippen molar-refractivity contribution in [3.63, 3.8) is 0 Å². The normalized spacial score (nSPS) is 18.9. The molecule has 3 heterocycles. The zero-order valence-corrected chi connectivity index (χ0v) is 17.5. The van der Waals surface area contributed by atoms with Crippen LogP contribution in [-0.2, 0) is 9.53 Å². The van der Waals surface area contributed by atoms with Gasteiger partial charge < -0.3 is 19.9 Å². The van der Waals surface area contributed by atoms with Gasteiger partial charge in [0.1, 0.15) is 12.4 Å². The molecular weight excluding hydrogens is 403 g/mol. The first kappa shape index (κ1) is 20.8. The summed E-state index contributed by atoms with van der Waals surface area (Å²) in [4.78, 5) is 37.5. The number of rotatable bonds is 5. The minimum absolute atomic E-state index is 0.144. The number of aryl methyl sites for hydroxylation is 1. The average Bonchev–Trinajstić information content (AvgIpc) is 3.13. The minimum atomic E-state index is -0.547. The highest BCUT2D eigenvalue weighted by molar-refractivity contribution is 5.90. The van der Waals surface area contributed by atoms with Gasteiger partial charge in [0.05, 0.1) is 17.4 Å². The Kier molecular flexibility index (Phi) is 5.88. The van der Waals surface area contributed by atoms with E-state index in [0.717, 1.165) is 5.56 Å². The molecule has 2 fully saturated rings. The summed E-state index contributed by atoms with van der Waals surface area (Å²) in [5.41, 5.74) is 1.90. The number of carbonyl (C=O) groups is 2. The van der Waals surface area contributed by atoms with E-state index in [0.29, 0.717) is 43.5 Å². The highest BCUT2D eigenvalue weighted by atomic mass is 19.1. The second-order valence-electron chi connectivity index (χ2n) is 7.71. The van der Waals surface area contributed by atoms with E-state index >= 15 is 0 Å². The summed E-state index contributed by atoms with van der Waals surface area (Å²) >= 11 is 0. The zero-order chi connectivity index (χ0) is 22.0. The molecule has 2 aromatic rings. The number of cyclic esters (lactones) is 1. The summed E-state index contributed by atoms with van der Waals surface area (Å²) in [7, 11) is 0. The van der Waals surface area contributed by atoms with E-state index < -0.39 is 11.9 Å². The van der Waals surface area contributed by atoms with Crippen LogP contribution >= 0.6 is 0 Å². The molecule has 0 radical (unpaired) electrons. The van der Waals surface area contributed by atoms with Gasteiger partial charge >= 0.3 is 6.09 Å². The van der Waals surface area contributed by atoms with Gasteiger partial charge in [-0.2, -0.15) is 0 Å². The number of ether oxygens (including phenoxy) is 1. The summed E-state index contributed by atoms with van der Waals surface area (Å²) < 4.78 is 20.1. The van der Waals surface area contributed by atoms with Crippen LogP contribution in [0.5, 0.6) is 0 Å². The predicted molar refractivity (Wildman–Crippen MR) is 114 cm³/mol. The third-order valence-corrected chi connectivity index (χ3v) is 5.43. The number of aromatic nitrogens is 2. The third-order valence-electron chi connectivity index (χ3n) is 5.43. The highest BCUT2D eigenvalue weighted by Gasteiger charge is 2.35. The second-order valence-corrected chi connectivity index (χ2v) is 7.71. The van der Waals surface area contributed by atoms with Gasteiger partial charge in [0.15, 0.2) is 0 Å². The lowest BCUT2D eigenvalue weighted by Crippen LogP contribution is -2.47. The molecule has 1 aromatic carbocycles. The maximum atomic E-state index is 15.0. The maximum Gasteiger partial charge on any atom is 0.414 e. The molecular formula is C21H25FN6O3. The summed E-state index contributed by atoms with van der Waals surface area (Å²) in [6, 6.07) is 4.36. The SMILES string of the molecule is CC(=O)NCC1COC(=O)N1c1ccc(N2CCN(c3ncc(C)cn3)CC2)c(F)c1. The molecule has 0 spiro atoms. The summed E-state index contributed by atoms with van der Waals surface area (Å²) in [5, 5.41) is 2.68. The molecule has 1 atom stereocenters. The zero-order valence-electron chi connectivity index (χ0n) is 17.5. The molecule has 1 N–H and O–H groups in total. The molecule has 1 unspecified atom stereocenters. The number of nitrogens with one attached hydrogen (secondary N) is 1. The molecule has 2 aliphatic heterocycles. The van der Waals surface area contributed by atoms with Gasteiger partial charge in [-0.15, -0.1) is 0 Å². The number of hydrogen-bond donors (Lipinski definition) is 1. The molecule has 31 heavy (non-hydrogen) atoms. The van der Waals surface area contributed by atoms with Crippen LogP contribution in [0.3, 0.4) is 0 Å². The first-order chi connectivity index (χ1) is 14.9. The van der Waals surface area contributed by atoms with Crippen LogP contribution < -0.4 is 20.0 Å². The lowest BCUT2D eigenvalue weighted by atomic mass is 10.2. The largest absolute Gasteiger partial charge is 0.447 e. The van der Waals surface area contributed by atoms with Crippen LogP contribution in [0.2, 0.25) is 0 Å². The van der Waals surface area contributed by atoms with E-state index in [1.165, 1.54) is 17.9 Å². The van der Waals surface area contributed by atoms with Crippen molar-refractivity contribution in [2.45, 2.75) is 19.9 Å². The minimum Gasteiger partial charge on any atom is -0.447 e. The number of anilines is 3. The van der Waals surface area contributed by atoms with E-state index in [2.05, 4.69) is 20.2 Å². The van der Waals surface area contributed by atoms with Gasteiger partial charge in [-0.3, -0.25) is 9.69 Å². The van der Waals surface area contributed by atoms with Crippen molar-refractivity contribution < 1.29 is 18.7 Å². The standard InChI is InChI=1S/C21H25FN6O3/c1-14-10-24-20(25-11-14)27-7-5-26(6-8-27)19-4-3-16(9-18(19)22)28-17(12-23-15(2)29)13-31-21(28)30/h3-4,9-11,17H,5-8,12-13H2,1-2H3,(H,23,29). The predicted octanol–water partition coefficient (Wildman–Crippen LogP) is 1.71. The van der Waals surface area contributed by atoms with Gasteiger partial charge in [-0.05, 0) is 30.7 Å². The van der Waals surface area contributed by atoms with E-state index in [1.807, 2.05) is 11.8 Å². The monoisotopic (exact) mass is 428 g/mol. The fourth-order valence-corrected chi connectivity index (χ4v) is 3.79. The Morgan fingerprint density at radius 1 is 1.19 bits per heavy atom. The summed E-state index contributed by atoms with van der Waals surface area (Å²) in [6.07, 6.45) is 3.03. The lowest BCUT2D eigenvalue weighted by molar-refractivity contribution is -0.119. The summed E-state index contributed by atoms with van der Waals surface area (Å²) in [6.45, 7) is 6.36.